The molecule has 26 heavy (non-hydrogen) atoms. The van der Waals surface area contributed by atoms with E-state index in [0.717, 1.165) is 6.07 Å². The van der Waals surface area contributed by atoms with E-state index < -0.39 is 49.4 Å². The van der Waals surface area contributed by atoms with Gasteiger partial charge in [0.2, 0.25) is 0 Å². The second-order valence-corrected chi connectivity index (χ2v) is 8.61. The number of carbonyl (C=O) groups is 2. The first kappa shape index (κ1) is 22.1. The van der Waals surface area contributed by atoms with Crippen LogP contribution in [0.25, 0.3) is 0 Å². The molecular weight excluding hydrogens is 386 g/mol. The van der Waals surface area contributed by atoms with Crippen LogP contribution in [0.1, 0.15) is 39.7 Å². The highest BCUT2D eigenvalue weighted by Crippen LogP contribution is 2.23. The topological polar surface area (TPSA) is 127 Å². The van der Waals surface area contributed by atoms with Gasteiger partial charge in [-0.1, -0.05) is 25.1 Å². The molecule has 1 N–H and O–H groups in total. The van der Waals surface area contributed by atoms with Gasteiger partial charge in [-0.15, -0.1) is 5.06 Å². The summed E-state index contributed by atoms with van der Waals surface area (Å²) in [4.78, 5) is 28.2. The van der Waals surface area contributed by atoms with Gasteiger partial charge in [-0.2, -0.15) is 8.42 Å². The van der Waals surface area contributed by atoms with E-state index in [1.54, 1.807) is 0 Å². The lowest BCUT2D eigenvalue weighted by Crippen LogP contribution is -2.47. The number of hydroxylamine groups is 2. The Balaban J connectivity index is 3.17. The molecule has 1 aromatic rings. The molecule has 0 bridgehead atoms. The first-order valence-electron chi connectivity index (χ1n) is 7.53. The summed E-state index contributed by atoms with van der Waals surface area (Å²) < 4.78 is 49.5. The number of hydrogen-bond donors (Lipinski definition) is 1. The van der Waals surface area contributed by atoms with Gasteiger partial charge in [0.1, 0.15) is 4.90 Å². The van der Waals surface area contributed by atoms with Gasteiger partial charge in [0, 0.05) is 6.42 Å². The quantitative estimate of drug-likeness (QED) is 0.447. The van der Waals surface area contributed by atoms with Crippen LogP contribution in [0.3, 0.4) is 0 Å². The maximum absolute atomic E-state index is 12.4. The smallest absolute Gasteiger partial charge is 0.335 e. The lowest BCUT2D eigenvalue weighted by atomic mass is 10.1. The maximum atomic E-state index is 12.4. The second kappa shape index (κ2) is 8.60. The molecule has 1 atom stereocenters. The molecule has 0 heterocycles. The summed E-state index contributed by atoms with van der Waals surface area (Å²) in [6.07, 6.45) is -1.43. The van der Waals surface area contributed by atoms with Gasteiger partial charge in [-0.25, -0.2) is 13.8 Å². The van der Waals surface area contributed by atoms with Crippen LogP contribution in [0, 0.1) is 0 Å². The monoisotopic (exact) mass is 407 g/mol. The summed E-state index contributed by atoms with van der Waals surface area (Å²) in [5.41, 5.74) is -1.06. The summed E-state index contributed by atoms with van der Waals surface area (Å²) in [6, 6.07) is 5.33. The zero-order chi connectivity index (χ0) is 20.1. The van der Waals surface area contributed by atoms with Crippen LogP contribution in [-0.2, 0) is 40.8 Å². The van der Waals surface area contributed by atoms with E-state index in [1.807, 2.05) is 0 Å². The van der Waals surface area contributed by atoms with Crippen LogP contribution < -0.4 is 0 Å². The third kappa shape index (κ3) is 6.07. The molecule has 1 amide bonds. The van der Waals surface area contributed by atoms with Crippen molar-refractivity contribution in [1.29, 1.82) is 0 Å². The molecule has 0 radical (unpaired) electrons. The summed E-state index contributed by atoms with van der Waals surface area (Å²) in [5.74, 6) is -1.20. The van der Waals surface area contributed by atoms with Crippen molar-refractivity contribution >= 4 is 33.3 Å². The van der Waals surface area contributed by atoms with Crippen LogP contribution in [0.2, 0.25) is 0 Å². The molecule has 0 aliphatic carbocycles. The van der Waals surface area contributed by atoms with Gasteiger partial charge in [-0.3, -0.25) is 0 Å². The Morgan fingerprint density at radius 2 is 1.81 bits per heavy atom. The highest BCUT2D eigenvalue weighted by molar-refractivity contribution is 7.87. The Morgan fingerprint density at radius 3 is 2.31 bits per heavy atom. The fourth-order valence-electron chi connectivity index (χ4n) is 1.79. The van der Waals surface area contributed by atoms with E-state index in [1.165, 1.54) is 45.9 Å². The van der Waals surface area contributed by atoms with Crippen LogP contribution in [0.5, 0.6) is 0 Å². The molecule has 0 aromatic heterocycles. The first-order chi connectivity index (χ1) is 11.9. The predicted octanol–water partition coefficient (Wildman–Crippen LogP) is 2.20. The molecule has 1 aromatic carbocycles. The number of hydrogen-bond acceptors (Lipinski definition) is 7. The fourth-order valence-corrected chi connectivity index (χ4v) is 3.45. The molecular formula is C15H21NO8S2. The highest BCUT2D eigenvalue weighted by atomic mass is 32.2. The lowest BCUT2D eigenvalue weighted by molar-refractivity contribution is -0.197. The molecule has 0 saturated heterocycles. The molecule has 0 saturated carbocycles. The Labute approximate surface area is 154 Å². The normalized spacial score (nSPS) is 13.0. The van der Waals surface area contributed by atoms with Crippen molar-refractivity contribution in [1.82, 2.24) is 5.06 Å². The molecule has 11 heteroatoms. The average molecular weight is 407 g/mol. The molecule has 0 aliphatic rings. The average Bonchev–Trinajstić information content (AvgIpc) is 2.50. The Morgan fingerprint density at radius 1 is 1.23 bits per heavy atom. The number of benzene rings is 1. The minimum Gasteiger partial charge on any atom is -0.335 e. The Bertz CT molecular complexity index is 798. The minimum atomic E-state index is -4.61. The maximum Gasteiger partial charge on any atom is 0.459 e. The van der Waals surface area contributed by atoms with Crippen molar-refractivity contribution in [3.05, 3.63) is 29.8 Å². The van der Waals surface area contributed by atoms with Crippen molar-refractivity contribution in [2.75, 3.05) is 0 Å². The molecule has 0 fully saturated rings. The van der Waals surface area contributed by atoms with E-state index in [2.05, 4.69) is 4.18 Å². The predicted molar refractivity (Wildman–Crippen MR) is 92.6 cm³/mol. The van der Waals surface area contributed by atoms with Gasteiger partial charge in [0.15, 0.2) is 11.1 Å². The van der Waals surface area contributed by atoms with Gasteiger partial charge in [0.25, 0.3) is 0 Å². The molecule has 146 valence electrons. The fraction of sp³-hybridized carbons (Fsp3) is 0.467. The Kier molecular flexibility index (Phi) is 7.30. The molecule has 0 spiro atoms. The van der Waals surface area contributed by atoms with Crippen molar-refractivity contribution in [3.8, 4) is 0 Å². The van der Waals surface area contributed by atoms with Crippen molar-refractivity contribution in [2.45, 2.75) is 50.3 Å². The highest BCUT2D eigenvalue weighted by Gasteiger charge is 2.36. The minimum absolute atomic E-state index is 0.00833. The number of carbonyl (C=O) groups excluding carboxylic acids is 2. The molecule has 9 nitrogen and oxygen atoms in total. The van der Waals surface area contributed by atoms with Crippen LogP contribution >= 0.6 is 0 Å². The van der Waals surface area contributed by atoms with E-state index >= 15 is 0 Å². The van der Waals surface area contributed by atoms with Crippen LogP contribution in [0.4, 0.5) is 4.79 Å². The van der Waals surface area contributed by atoms with E-state index in [0.29, 0.717) is 5.06 Å². The standard InChI is InChI=1S/C15H21NO8S2/c1-5-13(17)23-16(15(2,3)4)14(18)24-26(21,22)12-9-7-6-8-11(12)10-25(19)20/h6-9H,5,10H2,1-4H3,(H,19,20). The lowest BCUT2D eigenvalue weighted by Gasteiger charge is -2.31. The van der Waals surface area contributed by atoms with E-state index in [9.17, 15) is 22.2 Å². The van der Waals surface area contributed by atoms with Gasteiger partial charge in [-0.05, 0) is 32.4 Å². The van der Waals surface area contributed by atoms with Crippen molar-refractivity contribution in [3.63, 3.8) is 0 Å². The molecule has 0 aliphatic heterocycles. The van der Waals surface area contributed by atoms with Crippen LogP contribution in [-0.4, -0.2) is 39.8 Å². The largest absolute Gasteiger partial charge is 0.459 e. The zero-order valence-corrected chi connectivity index (χ0v) is 16.4. The SMILES string of the molecule is CCC(=O)ON(C(=O)OS(=O)(=O)c1ccccc1CS(=O)O)C(C)(C)C. The number of amides is 1. The van der Waals surface area contributed by atoms with Gasteiger partial charge in [0.05, 0.1) is 11.3 Å². The number of rotatable bonds is 5. The Hall–Kier alpha value is -1.98. The third-order valence-electron chi connectivity index (χ3n) is 2.96. The van der Waals surface area contributed by atoms with E-state index in [4.69, 9.17) is 9.39 Å². The molecule has 1 unspecified atom stereocenters. The zero-order valence-electron chi connectivity index (χ0n) is 14.8. The van der Waals surface area contributed by atoms with Gasteiger partial charge >= 0.3 is 22.2 Å². The summed E-state index contributed by atoms with van der Waals surface area (Å²) in [6.45, 7) is 6.07. The van der Waals surface area contributed by atoms with Crippen molar-refractivity contribution in [2.24, 2.45) is 0 Å². The first-order valence-corrected chi connectivity index (χ1v) is 10.2. The van der Waals surface area contributed by atoms with E-state index in [-0.39, 0.29) is 12.0 Å². The second-order valence-electron chi connectivity index (χ2n) is 6.16. The third-order valence-corrected chi connectivity index (χ3v) is 4.82. The molecule has 1 rings (SSSR count). The van der Waals surface area contributed by atoms with Gasteiger partial charge < -0.3 is 13.6 Å². The van der Waals surface area contributed by atoms with Crippen LogP contribution in [0.15, 0.2) is 29.2 Å². The summed E-state index contributed by atoms with van der Waals surface area (Å²) in [5, 5.41) is 0.531. The number of nitrogens with zero attached hydrogens (tertiary/aromatic N) is 1. The summed E-state index contributed by atoms with van der Waals surface area (Å²) >= 11 is -2.29. The summed E-state index contributed by atoms with van der Waals surface area (Å²) in [7, 11) is -4.61. The van der Waals surface area contributed by atoms with Crippen molar-refractivity contribution < 1.29 is 35.8 Å².